The fourth-order valence-corrected chi connectivity index (χ4v) is 4.46. The van der Waals surface area contributed by atoms with Crippen molar-refractivity contribution in [2.45, 2.75) is 45.1 Å². The number of nitrogen functional groups attached to an aromatic ring is 1. The predicted octanol–water partition coefficient (Wildman–Crippen LogP) is 4.83. The van der Waals surface area contributed by atoms with Gasteiger partial charge in [0.1, 0.15) is 17.5 Å². The third-order valence-electron chi connectivity index (χ3n) is 6.80. The number of carboxylic acid groups (broad SMARTS) is 1. The molecule has 3 aromatic rings. The van der Waals surface area contributed by atoms with Crippen LogP contribution in [0.5, 0.6) is 11.5 Å². The molecule has 1 fully saturated rings. The molecule has 1 aliphatic carbocycles. The van der Waals surface area contributed by atoms with E-state index in [-0.39, 0.29) is 24.0 Å². The van der Waals surface area contributed by atoms with Crippen LogP contribution in [0.2, 0.25) is 0 Å². The van der Waals surface area contributed by atoms with Gasteiger partial charge in [-0.3, -0.25) is 9.59 Å². The van der Waals surface area contributed by atoms with E-state index in [1.54, 1.807) is 24.3 Å². The van der Waals surface area contributed by atoms with Gasteiger partial charge in [0.25, 0.3) is 0 Å². The topological polar surface area (TPSA) is 145 Å². The fourth-order valence-electron chi connectivity index (χ4n) is 4.46. The van der Waals surface area contributed by atoms with E-state index in [0.717, 1.165) is 31.2 Å². The van der Waals surface area contributed by atoms with Gasteiger partial charge in [-0.25, -0.2) is 4.79 Å². The number of carboxylic acids is 1. The summed E-state index contributed by atoms with van der Waals surface area (Å²) in [6.45, 7) is 2.18. The molecule has 0 radical (unpaired) electrons. The van der Waals surface area contributed by atoms with E-state index in [0.29, 0.717) is 35.2 Å². The molecule has 0 heterocycles. The average molecular weight is 532 g/mol. The third-order valence-corrected chi connectivity index (χ3v) is 6.80. The van der Waals surface area contributed by atoms with Crippen molar-refractivity contribution in [1.29, 1.82) is 0 Å². The van der Waals surface area contributed by atoms with Crippen molar-refractivity contribution in [3.63, 3.8) is 0 Å². The zero-order valence-corrected chi connectivity index (χ0v) is 22.2. The van der Waals surface area contributed by atoms with E-state index in [2.05, 4.69) is 5.32 Å². The minimum atomic E-state index is -1.04. The molecule has 1 saturated carbocycles. The maximum absolute atomic E-state index is 12.6. The summed E-state index contributed by atoms with van der Waals surface area (Å²) in [6, 6.07) is 22.6. The quantitative estimate of drug-likeness (QED) is 0.229. The van der Waals surface area contributed by atoms with Gasteiger partial charge in [-0.1, -0.05) is 30.3 Å². The summed E-state index contributed by atoms with van der Waals surface area (Å²) in [6.07, 6.45) is 3.57. The Morgan fingerprint density at radius 1 is 0.923 bits per heavy atom. The molecule has 4 rings (SSSR count). The second-order valence-corrected chi connectivity index (χ2v) is 9.80. The highest BCUT2D eigenvalue weighted by Crippen LogP contribution is 2.28. The number of hydrogen-bond donors (Lipinski definition) is 4. The second-order valence-electron chi connectivity index (χ2n) is 9.80. The minimum absolute atomic E-state index is 0.0694. The van der Waals surface area contributed by atoms with Crippen LogP contribution in [0.25, 0.3) is 0 Å². The average Bonchev–Trinajstić information content (AvgIpc) is 2.94. The number of nitrogens with one attached hydrogen (secondary N) is 1. The Bertz CT molecular complexity index is 1220. The lowest BCUT2D eigenvalue weighted by molar-refractivity contribution is -0.142. The van der Waals surface area contributed by atoms with E-state index >= 15 is 0 Å². The third kappa shape index (κ3) is 9.57. The zero-order valence-electron chi connectivity index (χ0n) is 22.2. The van der Waals surface area contributed by atoms with Crippen LogP contribution in [0.3, 0.4) is 0 Å². The van der Waals surface area contributed by atoms with E-state index in [9.17, 15) is 19.5 Å². The Hall–Kier alpha value is -4.17. The molecule has 8 heteroatoms. The lowest BCUT2D eigenvalue weighted by Gasteiger charge is -2.27. The smallest absolute Gasteiger partial charge is 0.326 e. The Morgan fingerprint density at radius 3 is 2.15 bits per heavy atom. The van der Waals surface area contributed by atoms with Gasteiger partial charge in [0.2, 0.25) is 5.91 Å². The molecule has 0 aliphatic heterocycles. The van der Waals surface area contributed by atoms with E-state index < -0.39 is 12.0 Å². The van der Waals surface area contributed by atoms with Gasteiger partial charge >= 0.3 is 5.97 Å². The van der Waals surface area contributed by atoms with Crippen LogP contribution in [0.15, 0.2) is 78.9 Å². The van der Waals surface area contributed by atoms with Gasteiger partial charge in [-0.05, 0) is 99.2 Å². The first-order valence-electron chi connectivity index (χ1n) is 13.2. The Balaban J connectivity index is 0.000000353. The Labute approximate surface area is 229 Å². The maximum atomic E-state index is 12.6. The van der Waals surface area contributed by atoms with Gasteiger partial charge in [-0.2, -0.15) is 0 Å². The summed E-state index contributed by atoms with van der Waals surface area (Å²) in [4.78, 5) is 35.0. The van der Waals surface area contributed by atoms with E-state index in [1.165, 1.54) is 6.92 Å². The molecule has 39 heavy (non-hydrogen) atoms. The number of carbonyl (C=O) groups is 3. The number of carbonyl (C=O) groups excluding carboxylic acids is 2. The number of rotatable bonds is 9. The summed E-state index contributed by atoms with van der Waals surface area (Å²) in [5.74, 6) is 0.534. The van der Waals surface area contributed by atoms with Crippen LogP contribution in [-0.4, -0.2) is 35.4 Å². The monoisotopic (exact) mass is 531 g/mol. The lowest BCUT2D eigenvalue weighted by Crippen LogP contribution is -2.45. The molecule has 1 aliphatic rings. The summed E-state index contributed by atoms with van der Waals surface area (Å²) in [5, 5.41) is 12.3. The number of ether oxygens (including phenoxy) is 1. The van der Waals surface area contributed by atoms with Crippen molar-refractivity contribution in [3.05, 3.63) is 90.0 Å². The van der Waals surface area contributed by atoms with Gasteiger partial charge < -0.3 is 26.6 Å². The first-order chi connectivity index (χ1) is 18.7. The molecular weight excluding hydrogens is 494 g/mol. The van der Waals surface area contributed by atoms with Crippen LogP contribution < -0.4 is 21.5 Å². The molecule has 0 saturated heterocycles. The summed E-state index contributed by atoms with van der Waals surface area (Å²) in [5.41, 5.74) is 13.3. The highest BCUT2D eigenvalue weighted by atomic mass is 16.5. The predicted molar refractivity (Wildman–Crippen MR) is 152 cm³/mol. The summed E-state index contributed by atoms with van der Waals surface area (Å²) < 4.78 is 5.81. The highest BCUT2D eigenvalue weighted by molar-refractivity contribution is 5.94. The number of nitrogens with two attached hydrogens (primary N) is 2. The van der Waals surface area contributed by atoms with Gasteiger partial charge in [0.05, 0.1) is 0 Å². The molecule has 0 aromatic heterocycles. The first-order valence-corrected chi connectivity index (χ1v) is 13.2. The number of para-hydroxylation sites is 1. The molecule has 8 nitrogen and oxygen atoms in total. The number of Topliss-reactive ketones (excluding diaryl/α,β-unsaturated/α-hetero) is 1. The molecule has 0 bridgehead atoms. The number of ketones is 1. The Morgan fingerprint density at radius 2 is 1.56 bits per heavy atom. The van der Waals surface area contributed by atoms with Crippen molar-refractivity contribution < 1.29 is 24.2 Å². The standard InChI is InChI=1S/C23H28N2O4.C8H9NO/c24-15-16-9-11-18(12-10-16)22(26)25-21(23(27)28)14-17-5-4-8-20(13-17)29-19-6-2-1-3-7-19;1-6(10)7-2-4-8(9)5-3-7/h1-8,13,16,18,21H,9-12,14-15,24H2,(H,25,26)(H,27,28);2-5H,9H2,1H3. The van der Waals surface area contributed by atoms with Crippen LogP contribution in [0, 0.1) is 11.8 Å². The molecule has 3 aromatic carbocycles. The molecule has 206 valence electrons. The minimum Gasteiger partial charge on any atom is -0.480 e. The molecule has 1 atom stereocenters. The molecule has 0 spiro atoms. The number of aliphatic carboxylic acids is 1. The van der Waals surface area contributed by atoms with Crippen LogP contribution >= 0.6 is 0 Å². The number of anilines is 1. The van der Waals surface area contributed by atoms with Gasteiger partial charge in [0, 0.05) is 23.6 Å². The number of amides is 1. The van der Waals surface area contributed by atoms with Gasteiger partial charge in [-0.15, -0.1) is 0 Å². The van der Waals surface area contributed by atoms with Crippen LogP contribution in [0.1, 0.15) is 48.5 Å². The van der Waals surface area contributed by atoms with Gasteiger partial charge in [0.15, 0.2) is 5.78 Å². The summed E-state index contributed by atoms with van der Waals surface area (Å²) >= 11 is 0. The first kappa shape index (κ1) is 29.4. The maximum Gasteiger partial charge on any atom is 0.326 e. The van der Waals surface area contributed by atoms with Crippen LogP contribution in [-0.2, 0) is 16.0 Å². The van der Waals surface area contributed by atoms with Crippen LogP contribution in [0.4, 0.5) is 5.69 Å². The largest absolute Gasteiger partial charge is 0.480 e. The normalized spacial score (nSPS) is 17.2. The molecule has 6 N–H and O–H groups in total. The van der Waals surface area contributed by atoms with Crippen molar-refractivity contribution in [1.82, 2.24) is 5.32 Å². The molecular formula is C31H37N3O5. The summed E-state index contributed by atoms with van der Waals surface area (Å²) in [7, 11) is 0. The SMILES string of the molecule is CC(=O)c1ccc(N)cc1.NCC1CCC(C(=O)NC(Cc2cccc(Oc3ccccc3)c2)C(=O)O)CC1. The van der Waals surface area contributed by atoms with Crippen molar-refractivity contribution in [3.8, 4) is 11.5 Å². The fraction of sp³-hybridized carbons (Fsp3) is 0.323. The van der Waals surface area contributed by atoms with Crippen molar-refractivity contribution in [2.24, 2.45) is 17.6 Å². The Kier molecular flexibility index (Phi) is 11.1. The van der Waals surface area contributed by atoms with E-state index in [1.807, 2.05) is 54.6 Å². The second kappa shape index (κ2) is 14.7. The van der Waals surface area contributed by atoms with Crippen molar-refractivity contribution >= 4 is 23.3 Å². The van der Waals surface area contributed by atoms with Crippen molar-refractivity contribution in [2.75, 3.05) is 12.3 Å². The number of hydrogen-bond acceptors (Lipinski definition) is 6. The van der Waals surface area contributed by atoms with E-state index in [4.69, 9.17) is 16.2 Å². The zero-order chi connectivity index (χ0) is 28.2. The molecule has 1 unspecified atom stereocenters. The number of benzene rings is 3. The lowest BCUT2D eigenvalue weighted by atomic mass is 9.81. The highest BCUT2D eigenvalue weighted by Gasteiger charge is 2.29. The molecule has 1 amide bonds.